The molecule has 0 bridgehead atoms. The molecule has 0 spiro atoms. The molecule has 0 fully saturated rings. The van der Waals surface area contributed by atoms with Gasteiger partial charge >= 0.3 is 0 Å². The maximum Gasteiger partial charge on any atom is 0.250 e. The Hall–Kier alpha value is -4.59. The number of nitrogen functional groups attached to an aromatic ring is 1. The fraction of sp³-hybridized carbons (Fsp3) is 0.0800. The van der Waals surface area contributed by atoms with E-state index >= 15 is 0 Å². The fourth-order valence-corrected chi connectivity index (χ4v) is 3.39. The molecule has 0 aliphatic heterocycles. The van der Waals surface area contributed by atoms with Gasteiger partial charge in [-0.15, -0.1) is 0 Å². The Morgan fingerprint density at radius 3 is 2.00 bits per heavy atom. The number of amides is 1. The van der Waals surface area contributed by atoms with Gasteiger partial charge in [0.05, 0.1) is 13.0 Å². The third-order valence-corrected chi connectivity index (χ3v) is 5.07. The Kier molecular flexibility index (Phi) is 6.65. The molecule has 5 N–H and O–H groups in total. The van der Waals surface area contributed by atoms with Crippen LogP contribution in [0.1, 0.15) is 17.0 Å². The summed E-state index contributed by atoms with van der Waals surface area (Å²) in [6, 6.07) is 26.5. The van der Waals surface area contributed by atoms with E-state index in [-0.39, 0.29) is 17.4 Å². The molecular weight excluding hydrogens is 416 g/mol. The molecule has 3 aromatic carbocycles. The van der Waals surface area contributed by atoms with Crippen LogP contribution < -0.4 is 26.6 Å². The van der Waals surface area contributed by atoms with Crippen LogP contribution in [0.25, 0.3) is 0 Å². The molecular formula is C25H24N6O2. The van der Waals surface area contributed by atoms with E-state index in [0.717, 1.165) is 22.6 Å². The zero-order valence-corrected chi connectivity index (χ0v) is 18.0. The molecule has 166 valence electrons. The molecule has 8 nitrogen and oxygen atoms in total. The van der Waals surface area contributed by atoms with Crippen molar-refractivity contribution in [2.45, 2.75) is 5.92 Å². The Labute approximate surface area is 191 Å². The normalized spacial score (nSPS) is 10.5. The number of carbonyl (C=O) groups is 1. The van der Waals surface area contributed by atoms with Gasteiger partial charge in [-0.1, -0.05) is 60.7 Å². The molecule has 33 heavy (non-hydrogen) atoms. The van der Waals surface area contributed by atoms with Gasteiger partial charge in [-0.05, 0) is 35.4 Å². The van der Waals surface area contributed by atoms with Gasteiger partial charge in [-0.3, -0.25) is 15.6 Å². The van der Waals surface area contributed by atoms with Crippen LogP contribution >= 0.6 is 0 Å². The van der Waals surface area contributed by atoms with E-state index in [0.29, 0.717) is 5.82 Å². The summed E-state index contributed by atoms with van der Waals surface area (Å²) in [5.74, 6) is 0.700. The molecule has 1 heterocycles. The number of methoxy groups -OCH3 is 1. The smallest absolute Gasteiger partial charge is 0.250 e. The van der Waals surface area contributed by atoms with Crippen LogP contribution in [0, 0.1) is 0 Å². The van der Waals surface area contributed by atoms with Gasteiger partial charge in [0.1, 0.15) is 17.8 Å². The number of nitrogens with two attached hydrogens (primary N) is 1. The monoisotopic (exact) mass is 440 g/mol. The average Bonchev–Trinajstić information content (AvgIpc) is 2.86. The summed E-state index contributed by atoms with van der Waals surface area (Å²) >= 11 is 0. The maximum absolute atomic E-state index is 13.2. The van der Waals surface area contributed by atoms with Crippen LogP contribution in [0.15, 0.2) is 91.3 Å². The zero-order valence-electron chi connectivity index (χ0n) is 18.0. The molecule has 0 saturated heterocycles. The Bertz CT molecular complexity index is 1160. The molecule has 0 aliphatic carbocycles. The first-order valence-electron chi connectivity index (χ1n) is 10.3. The number of aromatic nitrogens is 2. The number of nitrogens with zero attached hydrogens (tertiary/aromatic N) is 2. The molecule has 0 radical (unpaired) electrons. The lowest BCUT2D eigenvalue weighted by Crippen LogP contribution is -2.35. The number of carbonyl (C=O) groups excluding carboxylic acids is 1. The summed E-state index contributed by atoms with van der Waals surface area (Å²) in [5, 5.41) is 3.14. The number of hydrogen-bond donors (Lipinski definition) is 4. The molecule has 1 amide bonds. The van der Waals surface area contributed by atoms with E-state index in [1.165, 1.54) is 6.33 Å². The number of anilines is 4. The fourth-order valence-electron chi connectivity index (χ4n) is 3.39. The molecule has 1 aromatic heterocycles. The molecule has 0 unspecified atom stereocenters. The van der Waals surface area contributed by atoms with Crippen LogP contribution in [0.3, 0.4) is 0 Å². The Morgan fingerprint density at radius 2 is 1.42 bits per heavy atom. The lowest BCUT2D eigenvalue weighted by atomic mass is 9.91. The molecule has 4 rings (SSSR count). The van der Waals surface area contributed by atoms with Gasteiger partial charge in [0.15, 0.2) is 11.6 Å². The van der Waals surface area contributed by atoms with E-state index in [1.807, 2.05) is 84.9 Å². The maximum atomic E-state index is 13.2. The first-order valence-corrected chi connectivity index (χ1v) is 10.3. The summed E-state index contributed by atoms with van der Waals surface area (Å²) in [6.45, 7) is 0. The second kappa shape index (κ2) is 10.1. The van der Waals surface area contributed by atoms with Crippen LogP contribution in [0.2, 0.25) is 0 Å². The first kappa shape index (κ1) is 21.6. The molecule has 0 atom stereocenters. The highest BCUT2D eigenvalue weighted by molar-refractivity contribution is 5.89. The third-order valence-electron chi connectivity index (χ3n) is 5.07. The minimum atomic E-state index is -0.500. The van der Waals surface area contributed by atoms with Gasteiger partial charge in [-0.2, -0.15) is 0 Å². The number of hydrazine groups is 1. The Morgan fingerprint density at radius 1 is 0.848 bits per heavy atom. The zero-order chi connectivity index (χ0) is 23.0. The molecule has 8 heteroatoms. The standard InChI is InChI=1S/C25H24N6O2/c1-33-20-14-12-19(13-15-20)29-23-22(26)24(28-16-27-23)30-31-25(32)21(17-8-4-2-5-9-17)18-10-6-3-7-11-18/h2-16,21H,26H2,1H3,(H,31,32)(H2,27,28,29,30). The largest absolute Gasteiger partial charge is 0.497 e. The lowest BCUT2D eigenvalue weighted by Gasteiger charge is -2.19. The van der Waals surface area contributed by atoms with Crippen molar-refractivity contribution in [3.63, 3.8) is 0 Å². The average molecular weight is 441 g/mol. The van der Waals surface area contributed by atoms with Crippen molar-refractivity contribution in [2.24, 2.45) is 0 Å². The summed E-state index contributed by atoms with van der Waals surface area (Å²) in [7, 11) is 1.61. The molecule has 0 aliphatic rings. The van der Waals surface area contributed by atoms with E-state index in [4.69, 9.17) is 10.5 Å². The highest BCUT2D eigenvalue weighted by Gasteiger charge is 2.23. The van der Waals surface area contributed by atoms with Crippen molar-refractivity contribution in [2.75, 3.05) is 23.6 Å². The second-order valence-electron chi connectivity index (χ2n) is 7.21. The van der Waals surface area contributed by atoms with E-state index in [9.17, 15) is 4.79 Å². The number of benzene rings is 3. The predicted octanol–water partition coefficient (Wildman–Crippen LogP) is 4.09. The van der Waals surface area contributed by atoms with E-state index in [2.05, 4.69) is 26.1 Å². The minimum absolute atomic E-state index is 0.241. The van der Waals surface area contributed by atoms with Gasteiger partial charge in [0.25, 0.3) is 0 Å². The van der Waals surface area contributed by atoms with Crippen molar-refractivity contribution >= 4 is 28.9 Å². The SMILES string of the molecule is COc1ccc(Nc2ncnc(NNC(=O)C(c3ccccc3)c3ccccc3)c2N)cc1. The van der Waals surface area contributed by atoms with Crippen LogP contribution in [0.4, 0.5) is 23.0 Å². The first-order chi connectivity index (χ1) is 16.2. The second-order valence-corrected chi connectivity index (χ2v) is 7.21. The van der Waals surface area contributed by atoms with Crippen molar-refractivity contribution in [1.82, 2.24) is 15.4 Å². The van der Waals surface area contributed by atoms with Crippen LogP contribution in [-0.2, 0) is 4.79 Å². The summed E-state index contributed by atoms with van der Waals surface area (Å²) in [5.41, 5.74) is 14.6. The van der Waals surface area contributed by atoms with Crippen LogP contribution in [0.5, 0.6) is 5.75 Å². The van der Waals surface area contributed by atoms with Crippen molar-refractivity contribution in [1.29, 1.82) is 0 Å². The highest BCUT2D eigenvalue weighted by atomic mass is 16.5. The third kappa shape index (κ3) is 5.19. The number of rotatable bonds is 8. The minimum Gasteiger partial charge on any atom is -0.497 e. The highest BCUT2D eigenvalue weighted by Crippen LogP contribution is 2.27. The Balaban J connectivity index is 1.50. The topological polar surface area (TPSA) is 114 Å². The lowest BCUT2D eigenvalue weighted by molar-refractivity contribution is -0.121. The molecule has 4 aromatic rings. The van der Waals surface area contributed by atoms with E-state index in [1.54, 1.807) is 7.11 Å². The summed E-state index contributed by atoms with van der Waals surface area (Å²) in [4.78, 5) is 21.5. The van der Waals surface area contributed by atoms with Gasteiger partial charge in [-0.25, -0.2) is 9.97 Å². The number of hydrogen-bond acceptors (Lipinski definition) is 7. The summed E-state index contributed by atoms with van der Waals surface area (Å²) < 4.78 is 5.17. The predicted molar refractivity (Wildman–Crippen MR) is 129 cm³/mol. The quantitative estimate of drug-likeness (QED) is 0.305. The van der Waals surface area contributed by atoms with Crippen LogP contribution in [-0.4, -0.2) is 23.0 Å². The van der Waals surface area contributed by atoms with E-state index < -0.39 is 5.92 Å². The van der Waals surface area contributed by atoms with Crippen molar-refractivity contribution in [3.8, 4) is 5.75 Å². The van der Waals surface area contributed by atoms with Gasteiger partial charge in [0.2, 0.25) is 5.91 Å². The number of ether oxygens (including phenoxy) is 1. The van der Waals surface area contributed by atoms with Gasteiger partial charge in [0, 0.05) is 5.69 Å². The van der Waals surface area contributed by atoms with Crippen molar-refractivity contribution < 1.29 is 9.53 Å². The van der Waals surface area contributed by atoms with Crippen molar-refractivity contribution in [3.05, 3.63) is 102 Å². The summed E-state index contributed by atoms with van der Waals surface area (Å²) in [6.07, 6.45) is 1.36. The molecule has 0 saturated carbocycles. The van der Waals surface area contributed by atoms with Gasteiger partial charge < -0.3 is 15.8 Å². The number of nitrogens with one attached hydrogen (secondary N) is 3.